The number of hydrogen-bond donors (Lipinski definition) is 1. The molecule has 2 N–H and O–H groups in total. The molecule has 0 saturated heterocycles. The van der Waals surface area contributed by atoms with Gasteiger partial charge in [0.2, 0.25) is 0 Å². The van der Waals surface area contributed by atoms with Gasteiger partial charge < -0.3 is 15.2 Å². The number of aromatic nitrogens is 2. The van der Waals surface area contributed by atoms with Crippen molar-refractivity contribution >= 4 is 11.7 Å². The van der Waals surface area contributed by atoms with Crippen molar-refractivity contribution in [2.24, 2.45) is 5.73 Å². The van der Waals surface area contributed by atoms with E-state index in [2.05, 4.69) is 8.75 Å². The Hall–Kier alpha value is -1.66. The van der Waals surface area contributed by atoms with Gasteiger partial charge in [-0.05, 0) is 31.5 Å². The van der Waals surface area contributed by atoms with Crippen LogP contribution in [0.3, 0.4) is 0 Å². The van der Waals surface area contributed by atoms with E-state index in [1.165, 1.54) is 0 Å². The fourth-order valence-electron chi connectivity index (χ4n) is 1.74. The van der Waals surface area contributed by atoms with Crippen molar-refractivity contribution in [3.63, 3.8) is 0 Å². The average molecular weight is 279 g/mol. The fraction of sp³-hybridized carbons (Fsp3) is 0.385. The number of nitrogens with two attached hydrogens (primary N) is 1. The molecule has 102 valence electrons. The van der Waals surface area contributed by atoms with Crippen LogP contribution in [-0.2, 0) is 0 Å². The summed E-state index contributed by atoms with van der Waals surface area (Å²) in [6, 6.07) is 5.41. The van der Waals surface area contributed by atoms with Crippen LogP contribution in [0.15, 0.2) is 24.4 Å². The Morgan fingerprint density at radius 3 is 2.58 bits per heavy atom. The maximum Gasteiger partial charge on any atom is 0.161 e. The molecule has 1 atom stereocenters. The highest BCUT2D eigenvalue weighted by atomic mass is 32.1. The predicted octanol–water partition coefficient (Wildman–Crippen LogP) is 2.38. The zero-order valence-corrected chi connectivity index (χ0v) is 11.8. The molecule has 0 saturated carbocycles. The van der Waals surface area contributed by atoms with Crippen molar-refractivity contribution in [2.75, 3.05) is 13.2 Å². The lowest BCUT2D eigenvalue weighted by Gasteiger charge is -2.14. The summed E-state index contributed by atoms with van der Waals surface area (Å²) in [6.45, 7) is 5.06. The first-order valence-electron chi connectivity index (χ1n) is 6.18. The van der Waals surface area contributed by atoms with Crippen LogP contribution in [0.2, 0.25) is 0 Å². The minimum absolute atomic E-state index is 0.298. The maximum atomic E-state index is 6.16. The molecule has 0 aliphatic rings. The molecule has 1 heterocycles. The molecule has 0 aliphatic carbocycles. The van der Waals surface area contributed by atoms with Gasteiger partial charge in [-0.15, -0.1) is 0 Å². The zero-order chi connectivity index (χ0) is 13.7. The topological polar surface area (TPSA) is 70.3 Å². The highest BCUT2D eigenvalue weighted by molar-refractivity contribution is 6.99. The van der Waals surface area contributed by atoms with E-state index < -0.39 is 0 Å². The monoisotopic (exact) mass is 279 g/mol. The zero-order valence-electron chi connectivity index (χ0n) is 11.0. The quantitative estimate of drug-likeness (QED) is 0.879. The standard InChI is InChI=1S/C13H17N3O2S/c1-3-17-11-6-5-9(7-12(11)18-4-2)13(14)10-8-15-19-16-10/h5-8,13H,3-4,14H2,1-2H3. The summed E-state index contributed by atoms with van der Waals surface area (Å²) >= 11 is 1.15. The van der Waals surface area contributed by atoms with E-state index in [1.807, 2.05) is 32.0 Å². The number of hydrogen-bond acceptors (Lipinski definition) is 6. The highest BCUT2D eigenvalue weighted by Crippen LogP contribution is 2.31. The Bertz CT molecular complexity index is 517. The highest BCUT2D eigenvalue weighted by Gasteiger charge is 2.14. The first kappa shape index (κ1) is 13.8. The maximum absolute atomic E-state index is 6.16. The van der Waals surface area contributed by atoms with Crippen LogP contribution in [0.5, 0.6) is 11.5 Å². The Balaban J connectivity index is 2.29. The van der Waals surface area contributed by atoms with Crippen molar-refractivity contribution < 1.29 is 9.47 Å². The van der Waals surface area contributed by atoms with E-state index in [-0.39, 0.29) is 6.04 Å². The van der Waals surface area contributed by atoms with Crippen LogP contribution >= 0.6 is 11.7 Å². The number of nitrogens with zero attached hydrogens (tertiary/aromatic N) is 2. The van der Waals surface area contributed by atoms with Gasteiger partial charge in [-0.25, -0.2) is 0 Å². The normalized spacial score (nSPS) is 12.2. The average Bonchev–Trinajstić information content (AvgIpc) is 2.94. The second kappa shape index (κ2) is 6.49. The van der Waals surface area contributed by atoms with Gasteiger partial charge in [0.1, 0.15) is 0 Å². The summed E-state index contributed by atoms with van der Waals surface area (Å²) in [4.78, 5) is 0. The van der Waals surface area contributed by atoms with Gasteiger partial charge in [0.15, 0.2) is 11.5 Å². The minimum atomic E-state index is -0.298. The lowest BCUT2D eigenvalue weighted by molar-refractivity contribution is 0.287. The van der Waals surface area contributed by atoms with Gasteiger partial charge >= 0.3 is 0 Å². The fourth-order valence-corrected chi connectivity index (χ4v) is 2.20. The third-order valence-corrected chi connectivity index (χ3v) is 3.12. The molecule has 1 unspecified atom stereocenters. The predicted molar refractivity (Wildman–Crippen MR) is 74.7 cm³/mol. The molecule has 1 aromatic heterocycles. The van der Waals surface area contributed by atoms with E-state index in [9.17, 15) is 0 Å². The molecular weight excluding hydrogens is 262 g/mol. The largest absolute Gasteiger partial charge is 0.490 e. The first-order valence-corrected chi connectivity index (χ1v) is 6.91. The number of ether oxygens (including phenoxy) is 2. The lowest BCUT2D eigenvalue weighted by Crippen LogP contribution is -2.12. The molecule has 1 aromatic carbocycles. The molecule has 2 rings (SSSR count). The molecule has 0 amide bonds. The molecule has 5 nitrogen and oxygen atoms in total. The summed E-state index contributed by atoms with van der Waals surface area (Å²) in [5.74, 6) is 1.44. The first-order chi connectivity index (χ1) is 9.26. The van der Waals surface area contributed by atoms with Crippen LogP contribution in [0, 0.1) is 0 Å². The molecule has 6 heteroatoms. The summed E-state index contributed by atoms with van der Waals surface area (Å²) in [5.41, 5.74) is 7.85. The SMILES string of the molecule is CCOc1ccc(C(N)c2cnsn2)cc1OCC. The van der Waals surface area contributed by atoms with Crippen molar-refractivity contribution in [3.05, 3.63) is 35.7 Å². The van der Waals surface area contributed by atoms with Crippen LogP contribution in [0.4, 0.5) is 0 Å². The molecule has 19 heavy (non-hydrogen) atoms. The van der Waals surface area contributed by atoms with E-state index in [4.69, 9.17) is 15.2 Å². The van der Waals surface area contributed by atoms with Gasteiger partial charge in [-0.3, -0.25) is 0 Å². The molecule has 0 fully saturated rings. The van der Waals surface area contributed by atoms with Crippen molar-refractivity contribution in [1.29, 1.82) is 0 Å². The summed E-state index contributed by atoms with van der Waals surface area (Å²) in [6.07, 6.45) is 1.69. The second-order valence-corrected chi connectivity index (χ2v) is 4.44. The Labute approximate surface area is 116 Å². The molecule has 2 aromatic rings. The van der Waals surface area contributed by atoms with Gasteiger partial charge in [0.25, 0.3) is 0 Å². The summed E-state index contributed by atoms with van der Waals surface area (Å²) < 4.78 is 19.2. The van der Waals surface area contributed by atoms with Crippen molar-refractivity contribution in [2.45, 2.75) is 19.9 Å². The van der Waals surface area contributed by atoms with Crippen LogP contribution in [-0.4, -0.2) is 22.0 Å². The smallest absolute Gasteiger partial charge is 0.161 e. The van der Waals surface area contributed by atoms with Crippen molar-refractivity contribution in [3.8, 4) is 11.5 Å². The van der Waals surface area contributed by atoms with E-state index >= 15 is 0 Å². The van der Waals surface area contributed by atoms with E-state index in [0.717, 1.165) is 28.7 Å². The third kappa shape index (κ3) is 3.21. The second-order valence-electron chi connectivity index (χ2n) is 3.88. The molecule has 0 aliphatic heterocycles. The minimum Gasteiger partial charge on any atom is -0.490 e. The van der Waals surface area contributed by atoms with Gasteiger partial charge in [0, 0.05) is 0 Å². The van der Waals surface area contributed by atoms with Gasteiger partial charge in [-0.1, -0.05) is 6.07 Å². The number of rotatable bonds is 6. The molecule has 0 spiro atoms. The molecular formula is C13H17N3O2S. The van der Waals surface area contributed by atoms with E-state index in [1.54, 1.807) is 6.20 Å². The lowest BCUT2D eigenvalue weighted by atomic mass is 10.0. The van der Waals surface area contributed by atoms with Crippen LogP contribution < -0.4 is 15.2 Å². The van der Waals surface area contributed by atoms with Crippen molar-refractivity contribution in [1.82, 2.24) is 8.75 Å². The Kier molecular flexibility index (Phi) is 4.70. The van der Waals surface area contributed by atoms with Crippen LogP contribution in [0.25, 0.3) is 0 Å². The van der Waals surface area contributed by atoms with E-state index in [0.29, 0.717) is 19.0 Å². The Morgan fingerprint density at radius 2 is 1.95 bits per heavy atom. The number of benzene rings is 1. The summed E-state index contributed by atoms with van der Waals surface area (Å²) in [5, 5.41) is 0. The molecule has 0 bridgehead atoms. The third-order valence-electron chi connectivity index (χ3n) is 2.62. The van der Waals surface area contributed by atoms with Gasteiger partial charge in [-0.2, -0.15) is 8.75 Å². The molecule has 0 radical (unpaired) electrons. The summed E-state index contributed by atoms with van der Waals surface area (Å²) in [7, 11) is 0. The van der Waals surface area contributed by atoms with Crippen LogP contribution in [0.1, 0.15) is 31.1 Å². The Morgan fingerprint density at radius 1 is 1.21 bits per heavy atom. The van der Waals surface area contributed by atoms with Gasteiger partial charge in [0.05, 0.1) is 42.9 Å².